The Labute approximate surface area is 119 Å². The summed E-state index contributed by atoms with van der Waals surface area (Å²) in [7, 11) is 3.27. The Kier molecular flexibility index (Phi) is 5.49. The van der Waals surface area contributed by atoms with E-state index in [0.29, 0.717) is 6.54 Å². The minimum absolute atomic E-state index is 0.180. The number of hydrogen-bond acceptors (Lipinski definition) is 3. The van der Waals surface area contributed by atoms with Gasteiger partial charge in [0.25, 0.3) is 0 Å². The first kappa shape index (κ1) is 15.9. The lowest BCUT2D eigenvalue weighted by molar-refractivity contribution is -0.141. The number of hydrogen-bond donors (Lipinski definition) is 1. The van der Waals surface area contributed by atoms with Crippen LogP contribution < -0.4 is 0 Å². The molecule has 0 aliphatic rings. The Morgan fingerprint density at radius 2 is 1.95 bits per heavy atom. The van der Waals surface area contributed by atoms with Crippen LogP contribution in [0.2, 0.25) is 0 Å². The summed E-state index contributed by atoms with van der Waals surface area (Å²) in [5, 5.41) is 8.86. The molecule has 1 unspecified atom stereocenters. The molecule has 0 spiro atoms. The second-order valence-corrected chi connectivity index (χ2v) is 5.03. The van der Waals surface area contributed by atoms with E-state index >= 15 is 0 Å². The molecule has 1 N–H and O–H groups in total. The molecule has 0 aliphatic heterocycles. The van der Waals surface area contributed by atoms with Gasteiger partial charge in [-0.15, -0.1) is 0 Å². The van der Waals surface area contributed by atoms with Gasteiger partial charge in [-0.05, 0) is 19.1 Å². The van der Waals surface area contributed by atoms with Crippen molar-refractivity contribution >= 4 is 12.0 Å². The molecule has 0 bridgehead atoms. The second kappa shape index (κ2) is 6.88. The van der Waals surface area contributed by atoms with E-state index in [1.54, 1.807) is 21.0 Å². The summed E-state index contributed by atoms with van der Waals surface area (Å²) in [6, 6.07) is 5.43. The summed E-state index contributed by atoms with van der Waals surface area (Å²) < 4.78 is 0. The molecule has 0 radical (unpaired) electrons. The lowest BCUT2D eigenvalue weighted by Crippen LogP contribution is -2.41. The van der Waals surface area contributed by atoms with Gasteiger partial charge in [0.2, 0.25) is 0 Å². The SMILES string of the molecule is Cc1cccc(CN(C)C(=O)N(C)CC(C)C(=O)O)n1. The van der Waals surface area contributed by atoms with E-state index in [4.69, 9.17) is 5.11 Å². The number of pyridine rings is 1. The first-order chi connectivity index (χ1) is 9.31. The Balaban J connectivity index is 2.60. The van der Waals surface area contributed by atoms with Crippen LogP contribution in [-0.4, -0.2) is 52.5 Å². The van der Waals surface area contributed by atoms with Gasteiger partial charge in [-0.2, -0.15) is 0 Å². The van der Waals surface area contributed by atoms with Gasteiger partial charge in [0, 0.05) is 26.3 Å². The van der Waals surface area contributed by atoms with Crippen molar-refractivity contribution in [2.45, 2.75) is 20.4 Å². The molecule has 0 saturated carbocycles. The topological polar surface area (TPSA) is 73.7 Å². The van der Waals surface area contributed by atoms with Crippen molar-refractivity contribution < 1.29 is 14.7 Å². The number of aryl methyl sites for hydroxylation is 1. The van der Waals surface area contributed by atoms with E-state index in [-0.39, 0.29) is 12.6 Å². The summed E-state index contributed by atoms with van der Waals surface area (Å²) in [4.78, 5) is 30.2. The van der Waals surface area contributed by atoms with Crippen LogP contribution >= 0.6 is 0 Å². The van der Waals surface area contributed by atoms with Crippen LogP contribution in [0.4, 0.5) is 4.79 Å². The molecule has 0 fully saturated rings. The van der Waals surface area contributed by atoms with E-state index in [9.17, 15) is 9.59 Å². The van der Waals surface area contributed by atoms with Crippen molar-refractivity contribution in [1.29, 1.82) is 0 Å². The molecule has 20 heavy (non-hydrogen) atoms. The Morgan fingerprint density at radius 3 is 2.50 bits per heavy atom. The fourth-order valence-electron chi connectivity index (χ4n) is 1.86. The number of rotatable bonds is 5. The zero-order chi connectivity index (χ0) is 15.3. The van der Waals surface area contributed by atoms with Gasteiger partial charge in [-0.1, -0.05) is 13.0 Å². The summed E-state index contributed by atoms with van der Waals surface area (Å²) in [6.07, 6.45) is 0. The highest BCUT2D eigenvalue weighted by molar-refractivity contribution is 5.75. The van der Waals surface area contributed by atoms with Gasteiger partial charge in [0.05, 0.1) is 18.2 Å². The molecular formula is C14H21N3O3. The Bertz CT molecular complexity index is 490. The minimum Gasteiger partial charge on any atom is -0.481 e. The Hall–Kier alpha value is -2.11. The average Bonchev–Trinajstić information content (AvgIpc) is 2.37. The molecule has 0 aliphatic carbocycles. The fourth-order valence-corrected chi connectivity index (χ4v) is 1.86. The van der Waals surface area contributed by atoms with Crippen LogP contribution in [-0.2, 0) is 11.3 Å². The lowest BCUT2D eigenvalue weighted by Gasteiger charge is -2.26. The maximum Gasteiger partial charge on any atom is 0.319 e. The number of nitrogens with zero attached hydrogens (tertiary/aromatic N) is 3. The fraction of sp³-hybridized carbons (Fsp3) is 0.500. The van der Waals surface area contributed by atoms with E-state index < -0.39 is 11.9 Å². The zero-order valence-corrected chi connectivity index (χ0v) is 12.3. The molecule has 6 heteroatoms. The van der Waals surface area contributed by atoms with Gasteiger partial charge in [0.15, 0.2) is 0 Å². The van der Waals surface area contributed by atoms with Crippen LogP contribution in [0.1, 0.15) is 18.3 Å². The molecule has 110 valence electrons. The van der Waals surface area contributed by atoms with Crippen LogP contribution in [0, 0.1) is 12.8 Å². The van der Waals surface area contributed by atoms with Crippen LogP contribution in [0.3, 0.4) is 0 Å². The monoisotopic (exact) mass is 279 g/mol. The smallest absolute Gasteiger partial charge is 0.319 e. The Morgan fingerprint density at radius 1 is 1.30 bits per heavy atom. The van der Waals surface area contributed by atoms with Crippen molar-refractivity contribution in [3.8, 4) is 0 Å². The van der Waals surface area contributed by atoms with Gasteiger partial charge in [0.1, 0.15) is 0 Å². The molecule has 1 aromatic rings. The number of urea groups is 1. The number of amides is 2. The maximum atomic E-state index is 12.1. The van der Waals surface area contributed by atoms with Crippen LogP contribution in [0.15, 0.2) is 18.2 Å². The van der Waals surface area contributed by atoms with E-state index in [1.165, 1.54) is 9.80 Å². The molecule has 1 rings (SSSR count). The molecule has 2 amide bonds. The van der Waals surface area contributed by atoms with E-state index in [1.807, 2.05) is 25.1 Å². The largest absolute Gasteiger partial charge is 0.481 e. The van der Waals surface area contributed by atoms with Gasteiger partial charge in [-0.25, -0.2) is 4.79 Å². The van der Waals surface area contributed by atoms with Gasteiger partial charge >= 0.3 is 12.0 Å². The van der Waals surface area contributed by atoms with Crippen molar-refractivity contribution in [2.75, 3.05) is 20.6 Å². The van der Waals surface area contributed by atoms with Crippen molar-refractivity contribution in [1.82, 2.24) is 14.8 Å². The number of carboxylic acid groups (broad SMARTS) is 1. The normalized spacial score (nSPS) is 11.8. The zero-order valence-electron chi connectivity index (χ0n) is 12.3. The highest BCUT2D eigenvalue weighted by Crippen LogP contribution is 2.06. The first-order valence-corrected chi connectivity index (χ1v) is 6.43. The second-order valence-electron chi connectivity index (χ2n) is 5.03. The predicted octanol–water partition coefficient (Wildman–Crippen LogP) is 1.59. The van der Waals surface area contributed by atoms with E-state index in [2.05, 4.69) is 4.98 Å². The third kappa shape index (κ3) is 4.53. The van der Waals surface area contributed by atoms with Crippen molar-refractivity contribution in [2.24, 2.45) is 5.92 Å². The summed E-state index contributed by atoms with van der Waals surface area (Å²) in [5.74, 6) is -1.50. The van der Waals surface area contributed by atoms with Crippen LogP contribution in [0.5, 0.6) is 0 Å². The molecule has 0 saturated heterocycles. The molecule has 1 heterocycles. The summed E-state index contributed by atoms with van der Waals surface area (Å²) in [5.41, 5.74) is 1.71. The molecule has 1 atom stereocenters. The lowest BCUT2D eigenvalue weighted by atomic mass is 10.2. The molecule has 6 nitrogen and oxygen atoms in total. The predicted molar refractivity (Wildman–Crippen MR) is 75.3 cm³/mol. The number of aromatic nitrogens is 1. The number of carboxylic acids is 1. The molecule has 0 aromatic carbocycles. The molecular weight excluding hydrogens is 258 g/mol. The first-order valence-electron chi connectivity index (χ1n) is 6.43. The average molecular weight is 279 g/mol. The van der Waals surface area contributed by atoms with Gasteiger partial charge in [-0.3, -0.25) is 9.78 Å². The number of aliphatic carboxylic acids is 1. The van der Waals surface area contributed by atoms with E-state index in [0.717, 1.165) is 11.4 Å². The number of carbonyl (C=O) groups excluding carboxylic acids is 1. The van der Waals surface area contributed by atoms with Gasteiger partial charge < -0.3 is 14.9 Å². The van der Waals surface area contributed by atoms with Crippen molar-refractivity contribution in [3.63, 3.8) is 0 Å². The number of carbonyl (C=O) groups is 2. The quantitative estimate of drug-likeness (QED) is 0.888. The molecule has 1 aromatic heterocycles. The highest BCUT2D eigenvalue weighted by atomic mass is 16.4. The third-order valence-electron chi connectivity index (χ3n) is 2.97. The van der Waals surface area contributed by atoms with Crippen molar-refractivity contribution in [3.05, 3.63) is 29.6 Å². The summed E-state index contributed by atoms with van der Waals surface area (Å²) >= 11 is 0. The van der Waals surface area contributed by atoms with Crippen LogP contribution in [0.25, 0.3) is 0 Å². The minimum atomic E-state index is -0.910. The standard InChI is InChI=1S/C14H21N3O3/c1-10(13(18)19)8-16(3)14(20)17(4)9-12-7-5-6-11(2)15-12/h5-7,10H,8-9H2,1-4H3,(H,18,19). The third-order valence-corrected chi connectivity index (χ3v) is 2.97. The summed E-state index contributed by atoms with van der Waals surface area (Å²) in [6.45, 7) is 4.05. The maximum absolute atomic E-state index is 12.1. The highest BCUT2D eigenvalue weighted by Gasteiger charge is 2.20.